The molecule has 0 amide bonds. The highest BCUT2D eigenvalue weighted by Gasteiger charge is 2.53. The fraction of sp³-hybridized carbons (Fsp3) is 0.478. The maximum atomic E-state index is 14.3. The summed E-state index contributed by atoms with van der Waals surface area (Å²) in [5.41, 5.74) is 1.77. The van der Waals surface area contributed by atoms with Crippen LogP contribution >= 0.6 is 0 Å². The molecule has 6 rings (SSSR count). The minimum absolute atomic E-state index is 0.313. The third-order valence-corrected chi connectivity index (χ3v) is 7.02. The molecular weight excluding hydrogens is 358 g/mol. The number of ether oxygens (including phenoxy) is 1. The fourth-order valence-corrected chi connectivity index (χ4v) is 5.75. The Morgan fingerprint density at radius 2 is 1.75 bits per heavy atom. The average Bonchev–Trinajstić information content (AvgIpc) is 3.13. The summed E-state index contributed by atoms with van der Waals surface area (Å²) in [4.78, 5) is 5.04. The van der Waals surface area contributed by atoms with E-state index >= 15 is 0 Å². The molecule has 3 nitrogen and oxygen atoms in total. The molecular formula is C23H26F2N2O. The Balaban J connectivity index is 1.47. The van der Waals surface area contributed by atoms with Gasteiger partial charge in [-0.15, -0.1) is 0 Å². The molecule has 2 bridgehead atoms. The summed E-state index contributed by atoms with van der Waals surface area (Å²) in [5.74, 6) is 1.22. The van der Waals surface area contributed by atoms with E-state index in [-0.39, 0.29) is 11.6 Å². The van der Waals surface area contributed by atoms with Crippen molar-refractivity contribution in [3.8, 4) is 5.75 Å². The quantitative estimate of drug-likeness (QED) is 0.791. The molecule has 28 heavy (non-hydrogen) atoms. The molecule has 0 radical (unpaired) electrons. The maximum absolute atomic E-state index is 14.3. The molecule has 2 aromatic rings. The molecule has 4 aliphatic rings. The Morgan fingerprint density at radius 1 is 1.00 bits per heavy atom. The number of nitrogens with zero attached hydrogens (tertiary/aromatic N) is 2. The van der Waals surface area contributed by atoms with Gasteiger partial charge in [0.15, 0.2) is 0 Å². The maximum Gasteiger partial charge on any atom is 0.127 e. The van der Waals surface area contributed by atoms with Gasteiger partial charge in [-0.05, 0) is 67.7 Å². The van der Waals surface area contributed by atoms with E-state index in [1.165, 1.54) is 36.6 Å². The number of rotatable bonds is 4. The van der Waals surface area contributed by atoms with Crippen molar-refractivity contribution in [2.75, 3.05) is 26.7 Å². The second-order valence-corrected chi connectivity index (χ2v) is 8.40. The van der Waals surface area contributed by atoms with E-state index in [1.54, 1.807) is 7.11 Å². The van der Waals surface area contributed by atoms with Crippen molar-refractivity contribution in [2.24, 2.45) is 5.92 Å². The Morgan fingerprint density at radius 3 is 2.46 bits per heavy atom. The highest BCUT2D eigenvalue weighted by atomic mass is 19.1. The zero-order valence-corrected chi connectivity index (χ0v) is 16.2. The van der Waals surface area contributed by atoms with Gasteiger partial charge in [0.05, 0.1) is 7.11 Å². The van der Waals surface area contributed by atoms with Crippen LogP contribution in [-0.4, -0.2) is 48.6 Å². The first-order valence-electron chi connectivity index (χ1n) is 10.2. The second-order valence-electron chi connectivity index (χ2n) is 8.40. The van der Waals surface area contributed by atoms with Crippen LogP contribution in [0.25, 0.3) is 0 Å². The third-order valence-electron chi connectivity index (χ3n) is 7.02. The summed E-state index contributed by atoms with van der Waals surface area (Å²) in [5, 5.41) is 0. The zero-order valence-electron chi connectivity index (χ0n) is 16.2. The van der Waals surface area contributed by atoms with Gasteiger partial charge in [-0.25, -0.2) is 8.78 Å². The zero-order chi connectivity index (χ0) is 19.3. The number of benzene rings is 2. The lowest BCUT2D eigenvalue weighted by Crippen LogP contribution is -2.60. The molecule has 0 unspecified atom stereocenters. The van der Waals surface area contributed by atoms with Crippen LogP contribution < -0.4 is 4.74 Å². The summed E-state index contributed by atoms with van der Waals surface area (Å²) >= 11 is 0. The van der Waals surface area contributed by atoms with E-state index in [1.807, 2.05) is 12.1 Å². The summed E-state index contributed by atoms with van der Waals surface area (Å²) < 4.78 is 33.3. The Bertz CT molecular complexity index is 848. The molecule has 3 atom stereocenters. The minimum atomic E-state index is -0.368. The van der Waals surface area contributed by atoms with Crippen LogP contribution in [0.4, 0.5) is 8.78 Å². The normalized spacial score (nSPS) is 31.8. The lowest BCUT2D eigenvalue weighted by Gasteiger charge is -2.51. The number of piperidine rings is 3. The lowest BCUT2D eigenvalue weighted by molar-refractivity contribution is -0.00894. The van der Waals surface area contributed by atoms with Gasteiger partial charge in [-0.1, -0.05) is 12.1 Å². The van der Waals surface area contributed by atoms with Crippen molar-refractivity contribution in [1.29, 1.82) is 0 Å². The van der Waals surface area contributed by atoms with Gasteiger partial charge < -0.3 is 4.74 Å². The number of hydrogen-bond donors (Lipinski definition) is 0. The van der Waals surface area contributed by atoms with E-state index in [2.05, 4.69) is 21.9 Å². The van der Waals surface area contributed by atoms with E-state index in [0.29, 0.717) is 36.0 Å². The molecule has 4 saturated heterocycles. The Hall–Kier alpha value is -1.98. The largest absolute Gasteiger partial charge is 0.497 e. The van der Waals surface area contributed by atoms with Gasteiger partial charge in [0.1, 0.15) is 17.4 Å². The third kappa shape index (κ3) is 3.01. The molecule has 2 aromatic carbocycles. The summed E-state index contributed by atoms with van der Waals surface area (Å²) in [6.45, 7) is 3.66. The SMILES string of the molecule is COc1ccc([C@@H]2CN(Cc3cc(F)ccc3F)[C@@H]3C4CCN(CC4)[C@@H]32)cc1. The summed E-state index contributed by atoms with van der Waals surface area (Å²) in [6.07, 6.45) is 2.41. The van der Waals surface area contributed by atoms with Crippen LogP contribution in [0.15, 0.2) is 42.5 Å². The lowest BCUT2D eigenvalue weighted by atomic mass is 9.75. The highest BCUT2D eigenvalue weighted by Crippen LogP contribution is 2.47. The van der Waals surface area contributed by atoms with Gasteiger partial charge in [-0.3, -0.25) is 9.80 Å². The monoisotopic (exact) mass is 384 g/mol. The molecule has 148 valence electrons. The van der Waals surface area contributed by atoms with Crippen LogP contribution in [-0.2, 0) is 6.54 Å². The average molecular weight is 384 g/mol. The smallest absolute Gasteiger partial charge is 0.127 e. The summed E-state index contributed by atoms with van der Waals surface area (Å²) in [7, 11) is 1.68. The number of halogens is 2. The molecule has 0 aliphatic carbocycles. The van der Waals surface area contributed by atoms with Crippen molar-refractivity contribution in [1.82, 2.24) is 9.80 Å². The van der Waals surface area contributed by atoms with Crippen LogP contribution in [0, 0.1) is 17.6 Å². The van der Waals surface area contributed by atoms with Gasteiger partial charge in [-0.2, -0.15) is 0 Å². The van der Waals surface area contributed by atoms with Crippen molar-refractivity contribution in [2.45, 2.75) is 37.4 Å². The second kappa shape index (κ2) is 7.12. The first-order valence-corrected chi connectivity index (χ1v) is 10.2. The van der Waals surface area contributed by atoms with Gasteiger partial charge in [0.25, 0.3) is 0 Å². The molecule has 4 aliphatic heterocycles. The highest BCUT2D eigenvalue weighted by molar-refractivity contribution is 5.33. The van der Waals surface area contributed by atoms with Gasteiger partial charge in [0.2, 0.25) is 0 Å². The van der Waals surface area contributed by atoms with Crippen molar-refractivity contribution >= 4 is 0 Å². The predicted octanol–water partition coefficient (Wildman–Crippen LogP) is 4.04. The topological polar surface area (TPSA) is 15.7 Å². The Kier molecular flexibility index (Phi) is 4.60. The minimum Gasteiger partial charge on any atom is -0.497 e. The molecule has 0 aromatic heterocycles. The van der Waals surface area contributed by atoms with Crippen LogP contribution in [0.5, 0.6) is 5.75 Å². The van der Waals surface area contributed by atoms with Crippen molar-refractivity contribution < 1.29 is 13.5 Å². The molecule has 5 heteroatoms. The van der Waals surface area contributed by atoms with E-state index in [0.717, 1.165) is 25.4 Å². The first kappa shape index (κ1) is 18.1. The van der Waals surface area contributed by atoms with E-state index in [4.69, 9.17) is 4.74 Å². The molecule has 4 fully saturated rings. The van der Waals surface area contributed by atoms with Crippen LogP contribution in [0.1, 0.15) is 29.9 Å². The first-order chi connectivity index (χ1) is 13.6. The number of fused-ring (bicyclic) bond motifs is 2. The molecule has 0 N–H and O–H groups in total. The standard InChI is InChI=1S/C23H26F2N2O/c1-28-19-5-2-15(3-6-19)20-14-27(13-17-12-18(24)4-7-21(17)25)22-16-8-10-26(11-9-16)23(20)22/h2-7,12,16,20,22-23H,8-11,13-14H2,1H3/t20-,22+,23+/m0/s1. The number of methoxy groups -OCH3 is 1. The van der Waals surface area contributed by atoms with Crippen molar-refractivity contribution in [3.63, 3.8) is 0 Å². The predicted molar refractivity (Wildman–Crippen MR) is 104 cm³/mol. The molecule has 4 heterocycles. The van der Waals surface area contributed by atoms with Crippen LogP contribution in [0.3, 0.4) is 0 Å². The van der Waals surface area contributed by atoms with Gasteiger partial charge >= 0.3 is 0 Å². The van der Waals surface area contributed by atoms with E-state index in [9.17, 15) is 8.78 Å². The van der Waals surface area contributed by atoms with Crippen LogP contribution in [0.2, 0.25) is 0 Å². The number of hydrogen-bond acceptors (Lipinski definition) is 3. The molecule has 0 saturated carbocycles. The van der Waals surface area contributed by atoms with Gasteiger partial charge in [0, 0.05) is 36.7 Å². The summed E-state index contributed by atoms with van der Waals surface area (Å²) in [6, 6.07) is 13.0. The molecule has 0 spiro atoms. The van der Waals surface area contributed by atoms with E-state index < -0.39 is 0 Å². The number of likely N-dealkylation sites (tertiary alicyclic amines) is 1. The Labute approximate surface area is 164 Å². The van der Waals surface area contributed by atoms with Crippen molar-refractivity contribution in [3.05, 3.63) is 65.2 Å². The fourth-order valence-electron chi connectivity index (χ4n) is 5.75.